The van der Waals surface area contributed by atoms with Gasteiger partial charge in [-0.05, 0) is 43.4 Å². The van der Waals surface area contributed by atoms with Crippen LogP contribution >= 0.6 is 11.6 Å². The number of benzene rings is 1. The Hall–Kier alpha value is -2.00. The van der Waals surface area contributed by atoms with Crippen molar-refractivity contribution in [3.63, 3.8) is 0 Å². The number of halogens is 4. The maximum Gasteiger partial charge on any atom is 0.345 e. The summed E-state index contributed by atoms with van der Waals surface area (Å²) in [4.78, 5) is 26.2. The van der Waals surface area contributed by atoms with Gasteiger partial charge < -0.3 is 20.7 Å². The first-order chi connectivity index (χ1) is 13.1. The number of primary amides is 1. The van der Waals surface area contributed by atoms with E-state index in [1.54, 1.807) is 6.92 Å². The highest BCUT2D eigenvalue weighted by Crippen LogP contribution is 2.49. The number of urea groups is 1. The Kier molecular flexibility index (Phi) is 5.77. The molecule has 1 aromatic carbocycles. The Labute approximate surface area is 165 Å². The van der Waals surface area contributed by atoms with Crippen LogP contribution in [0.4, 0.5) is 18.0 Å². The van der Waals surface area contributed by atoms with Crippen LogP contribution in [0.25, 0.3) is 0 Å². The summed E-state index contributed by atoms with van der Waals surface area (Å²) in [6.07, 6.45) is -0.125. The second-order valence-electron chi connectivity index (χ2n) is 7.29. The summed E-state index contributed by atoms with van der Waals surface area (Å²) in [5.74, 6) is -1.93. The molecule has 10 heteroatoms. The summed E-state index contributed by atoms with van der Waals surface area (Å²) in [5, 5.41) is 2.60. The number of carbonyl (C=O) groups is 2. The van der Waals surface area contributed by atoms with Gasteiger partial charge in [0.25, 0.3) is 0 Å². The molecule has 2 fully saturated rings. The summed E-state index contributed by atoms with van der Waals surface area (Å²) < 4.78 is 43.2. The lowest BCUT2D eigenvalue weighted by molar-refractivity contribution is -0.196. The number of alkyl halides is 2. The fourth-order valence-electron chi connectivity index (χ4n) is 4.36. The molecule has 1 saturated heterocycles. The molecule has 1 heterocycles. The van der Waals surface area contributed by atoms with E-state index in [2.05, 4.69) is 10.1 Å². The molecule has 0 aromatic heterocycles. The van der Waals surface area contributed by atoms with Gasteiger partial charge in [-0.3, -0.25) is 4.79 Å². The van der Waals surface area contributed by atoms with Crippen molar-refractivity contribution in [2.45, 2.75) is 43.9 Å². The van der Waals surface area contributed by atoms with Gasteiger partial charge >= 0.3 is 12.6 Å². The highest BCUT2D eigenvalue weighted by atomic mass is 35.5. The predicted molar refractivity (Wildman–Crippen MR) is 95.5 cm³/mol. The molecule has 3 rings (SSSR count). The number of nitrogens with zero attached hydrogens (tertiary/aromatic N) is 1. The molecule has 0 spiro atoms. The van der Waals surface area contributed by atoms with Crippen molar-refractivity contribution in [3.8, 4) is 0 Å². The first-order valence-electron chi connectivity index (χ1n) is 8.88. The molecule has 28 heavy (non-hydrogen) atoms. The molecule has 1 aliphatic heterocycles. The molecule has 0 bridgehead atoms. The zero-order chi connectivity index (χ0) is 20.6. The van der Waals surface area contributed by atoms with Gasteiger partial charge in [-0.1, -0.05) is 17.7 Å². The second kappa shape index (κ2) is 7.79. The Bertz CT molecular complexity index is 776. The van der Waals surface area contributed by atoms with Crippen molar-refractivity contribution in [1.82, 2.24) is 10.2 Å². The fourth-order valence-corrected chi connectivity index (χ4v) is 4.55. The third-order valence-electron chi connectivity index (χ3n) is 5.71. The third kappa shape index (κ3) is 3.65. The van der Waals surface area contributed by atoms with Crippen molar-refractivity contribution in [2.24, 2.45) is 11.7 Å². The van der Waals surface area contributed by atoms with E-state index in [0.29, 0.717) is 5.56 Å². The first kappa shape index (κ1) is 20.7. The summed E-state index contributed by atoms with van der Waals surface area (Å²) in [7, 11) is 0. The van der Waals surface area contributed by atoms with E-state index < -0.39 is 41.9 Å². The van der Waals surface area contributed by atoms with E-state index in [1.807, 2.05) is 0 Å². The average Bonchev–Trinajstić information content (AvgIpc) is 2.57. The molecule has 154 valence electrons. The number of amides is 3. The van der Waals surface area contributed by atoms with Gasteiger partial charge in [0, 0.05) is 19.0 Å². The molecule has 6 nitrogen and oxygen atoms in total. The summed E-state index contributed by atoms with van der Waals surface area (Å²) in [5.41, 5.74) is 4.67. The number of piperazine rings is 1. The van der Waals surface area contributed by atoms with E-state index in [0.717, 1.165) is 0 Å². The lowest BCUT2D eigenvalue weighted by Crippen LogP contribution is -2.69. The van der Waals surface area contributed by atoms with Crippen molar-refractivity contribution in [3.05, 3.63) is 34.6 Å². The standard InChI is InChI=1S/C18H21ClF3N3O3/c1-18(15(26)24-4-5-25(18)17(23)27)14(9-2-3-13(20)12(19)8-9)10-6-11(7-10)28-16(21)22/h2-3,8,10-11,14,16H,4-7H2,1H3,(H2,23,27)(H,24,26)/t10?,11?,14-,18?/m0/s1. The number of hydrogen-bond donors (Lipinski definition) is 2. The Balaban J connectivity index is 2.01. The normalized spacial score (nSPS) is 28.6. The zero-order valence-corrected chi connectivity index (χ0v) is 15.9. The van der Waals surface area contributed by atoms with E-state index in [-0.39, 0.29) is 36.9 Å². The summed E-state index contributed by atoms with van der Waals surface area (Å²) in [6, 6.07) is 3.29. The number of rotatable bonds is 5. The van der Waals surface area contributed by atoms with Crippen LogP contribution in [0.1, 0.15) is 31.2 Å². The van der Waals surface area contributed by atoms with Crippen molar-refractivity contribution >= 4 is 23.5 Å². The lowest BCUT2D eigenvalue weighted by atomic mass is 9.62. The second-order valence-corrected chi connectivity index (χ2v) is 7.70. The van der Waals surface area contributed by atoms with Gasteiger partial charge in [-0.25, -0.2) is 9.18 Å². The average molecular weight is 420 g/mol. The maximum atomic E-state index is 13.7. The minimum Gasteiger partial charge on any atom is -0.352 e. The Morgan fingerprint density at radius 2 is 2.11 bits per heavy atom. The van der Waals surface area contributed by atoms with Gasteiger partial charge in [-0.15, -0.1) is 0 Å². The Morgan fingerprint density at radius 3 is 2.68 bits per heavy atom. The molecule has 2 atom stereocenters. The molecular weight excluding hydrogens is 399 g/mol. The molecule has 1 unspecified atom stereocenters. The number of nitrogens with one attached hydrogen (secondary N) is 1. The van der Waals surface area contributed by atoms with Crippen molar-refractivity contribution < 1.29 is 27.5 Å². The van der Waals surface area contributed by atoms with Crippen LogP contribution in [-0.2, 0) is 9.53 Å². The van der Waals surface area contributed by atoms with Gasteiger partial charge in [0.05, 0.1) is 11.1 Å². The predicted octanol–water partition coefficient (Wildman–Crippen LogP) is 2.85. The smallest absolute Gasteiger partial charge is 0.345 e. The van der Waals surface area contributed by atoms with Crippen LogP contribution in [0.5, 0.6) is 0 Å². The third-order valence-corrected chi connectivity index (χ3v) is 6.00. The Morgan fingerprint density at radius 1 is 1.43 bits per heavy atom. The molecule has 1 saturated carbocycles. The lowest BCUT2D eigenvalue weighted by Gasteiger charge is -2.52. The van der Waals surface area contributed by atoms with E-state index in [9.17, 15) is 22.8 Å². The molecular formula is C18H21ClF3N3O3. The van der Waals surface area contributed by atoms with Crippen molar-refractivity contribution in [2.75, 3.05) is 13.1 Å². The number of carbonyl (C=O) groups excluding carboxylic acids is 2. The van der Waals surface area contributed by atoms with Gasteiger partial charge in [0.2, 0.25) is 5.91 Å². The summed E-state index contributed by atoms with van der Waals surface area (Å²) >= 11 is 5.94. The molecule has 3 N–H and O–H groups in total. The van der Waals surface area contributed by atoms with Crippen LogP contribution in [-0.4, -0.2) is 48.2 Å². The minimum atomic E-state index is -2.89. The van der Waals surface area contributed by atoms with Crippen LogP contribution in [0.3, 0.4) is 0 Å². The SMILES string of the molecule is CC1([C@@H](c2ccc(F)c(Cl)c2)C2CC(OC(F)F)C2)C(=O)NCCN1C(N)=O. The van der Waals surface area contributed by atoms with Crippen LogP contribution in [0.15, 0.2) is 18.2 Å². The van der Waals surface area contributed by atoms with Crippen LogP contribution in [0.2, 0.25) is 5.02 Å². The van der Waals surface area contributed by atoms with E-state index in [1.165, 1.54) is 23.1 Å². The molecule has 1 aromatic rings. The molecule has 1 aliphatic carbocycles. The van der Waals surface area contributed by atoms with E-state index in [4.69, 9.17) is 17.3 Å². The summed E-state index contributed by atoms with van der Waals surface area (Å²) in [6.45, 7) is -0.863. The number of nitrogens with two attached hydrogens (primary N) is 1. The topological polar surface area (TPSA) is 84.7 Å². The molecule has 0 radical (unpaired) electrons. The molecule has 3 amide bonds. The minimum absolute atomic E-state index is 0.132. The van der Waals surface area contributed by atoms with Crippen LogP contribution in [0, 0.1) is 11.7 Å². The van der Waals surface area contributed by atoms with Crippen LogP contribution < -0.4 is 11.1 Å². The fraction of sp³-hybridized carbons (Fsp3) is 0.556. The van der Waals surface area contributed by atoms with Gasteiger partial charge in [-0.2, -0.15) is 8.78 Å². The number of ether oxygens (including phenoxy) is 1. The number of hydrogen-bond acceptors (Lipinski definition) is 3. The highest BCUT2D eigenvalue weighted by Gasteiger charge is 2.55. The first-order valence-corrected chi connectivity index (χ1v) is 9.26. The monoisotopic (exact) mass is 419 g/mol. The zero-order valence-electron chi connectivity index (χ0n) is 15.1. The molecule has 2 aliphatic rings. The highest BCUT2D eigenvalue weighted by molar-refractivity contribution is 6.30. The van der Waals surface area contributed by atoms with Gasteiger partial charge in [0.1, 0.15) is 11.4 Å². The quantitative estimate of drug-likeness (QED) is 0.769. The maximum absolute atomic E-state index is 13.7. The van der Waals surface area contributed by atoms with E-state index >= 15 is 0 Å². The largest absolute Gasteiger partial charge is 0.352 e. The van der Waals surface area contributed by atoms with Gasteiger partial charge in [0.15, 0.2) is 0 Å². The van der Waals surface area contributed by atoms with Crippen molar-refractivity contribution in [1.29, 1.82) is 0 Å².